The minimum absolute atomic E-state index is 0. The predicted octanol–water partition coefficient (Wildman–Crippen LogP) is 2.96. The number of nitrogens with two attached hydrogens (primary N) is 1. The molecule has 1 aliphatic heterocycles. The summed E-state index contributed by atoms with van der Waals surface area (Å²) < 4.78 is 6.64. The largest absolute Gasteiger partial charge is 0.375 e. The number of ether oxygens (including phenoxy) is 1. The Morgan fingerprint density at radius 2 is 2.10 bits per heavy atom. The average molecular weight is 466 g/mol. The van der Waals surface area contributed by atoms with E-state index >= 15 is 0 Å². The number of aliphatic imine (C=N–C) groups is 1. The lowest BCUT2D eigenvalue weighted by atomic mass is 10.1. The van der Waals surface area contributed by atoms with Crippen molar-refractivity contribution in [3.63, 3.8) is 0 Å². The predicted molar refractivity (Wildman–Crippen MR) is 99.3 cm³/mol. The zero-order valence-corrected chi connectivity index (χ0v) is 16.0. The van der Waals surface area contributed by atoms with Crippen molar-refractivity contribution in [3.05, 3.63) is 34.3 Å². The highest BCUT2D eigenvalue weighted by molar-refractivity contribution is 14.0. The van der Waals surface area contributed by atoms with Crippen LogP contribution in [0.5, 0.6) is 0 Å². The molecule has 3 atom stereocenters. The second kappa shape index (κ2) is 7.28. The molecule has 1 heterocycles. The Kier molecular flexibility index (Phi) is 5.90. The molecule has 21 heavy (non-hydrogen) atoms. The zero-order chi connectivity index (χ0) is 14.1. The fourth-order valence-electron chi connectivity index (χ4n) is 2.67. The number of rotatable bonds is 2. The summed E-state index contributed by atoms with van der Waals surface area (Å²) in [6.45, 7) is 4.49. The van der Waals surface area contributed by atoms with E-state index in [1.165, 1.54) is 5.56 Å². The Morgan fingerprint density at radius 1 is 1.38 bits per heavy atom. The fourth-order valence-corrected chi connectivity index (χ4v) is 2.93. The van der Waals surface area contributed by atoms with Crippen molar-refractivity contribution < 1.29 is 4.74 Å². The van der Waals surface area contributed by atoms with E-state index in [0.29, 0.717) is 17.9 Å². The van der Waals surface area contributed by atoms with Gasteiger partial charge in [0.2, 0.25) is 0 Å². The van der Waals surface area contributed by atoms with Crippen LogP contribution in [-0.4, -0.2) is 42.7 Å². The van der Waals surface area contributed by atoms with Crippen molar-refractivity contribution in [2.45, 2.75) is 31.4 Å². The molecule has 0 spiro atoms. The average Bonchev–Trinajstić information content (AvgIpc) is 3.19. The van der Waals surface area contributed by atoms with Crippen LogP contribution in [0.4, 0.5) is 0 Å². The Balaban J connectivity index is 0.00000161. The molecule has 1 saturated carbocycles. The van der Waals surface area contributed by atoms with Gasteiger partial charge in [0.1, 0.15) is 0 Å². The van der Waals surface area contributed by atoms with Crippen LogP contribution in [0.3, 0.4) is 0 Å². The van der Waals surface area contributed by atoms with Gasteiger partial charge < -0.3 is 15.4 Å². The first kappa shape index (κ1) is 17.0. The van der Waals surface area contributed by atoms with E-state index in [1.807, 2.05) is 0 Å². The van der Waals surface area contributed by atoms with Gasteiger partial charge in [-0.1, -0.05) is 28.1 Å². The highest BCUT2D eigenvalue weighted by atomic mass is 127. The van der Waals surface area contributed by atoms with Gasteiger partial charge in [0, 0.05) is 23.5 Å². The van der Waals surface area contributed by atoms with Crippen molar-refractivity contribution in [2.75, 3.05) is 19.7 Å². The van der Waals surface area contributed by atoms with E-state index in [2.05, 4.69) is 57.0 Å². The lowest BCUT2D eigenvalue weighted by Gasteiger charge is -2.31. The Labute approximate surface area is 151 Å². The first-order valence-electron chi connectivity index (χ1n) is 7.09. The van der Waals surface area contributed by atoms with Gasteiger partial charge in [-0.15, -0.1) is 24.0 Å². The number of benzene rings is 1. The van der Waals surface area contributed by atoms with Gasteiger partial charge in [-0.3, -0.25) is 0 Å². The van der Waals surface area contributed by atoms with Gasteiger partial charge in [-0.05, 0) is 31.0 Å². The number of hydrogen-bond acceptors (Lipinski definition) is 2. The van der Waals surface area contributed by atoms with Crippen LogP contribution in [-0.2, 0) is 4.74 Å². The number of halogens is 2. The number of guanidine groups is 1. The minimum atomic E-state index is 0. The van der Waals surface area contributed by atoms with Crippen LogP contribution in [0.2, 0.25) is 0 Å². The quantitative estimate of drug-likeness (QED) is 0.415. The first-order valence-corrected chi connectivity index (χ1v) is 7.88. The summed E-state index contributed by atoms with van der Waals surface area (Å²) in [5, 5.41) is 0. The molecule has 2 fully saturated rings. The van der Waals surface area contributed by atoms with Crippen molar-refractivity contribution in [2.24, 2.45) is 10.7 Å². The third kappa shape index (κ3) is 4.32. The fraction of sp³-hybridized carbons (Fsp3) is 0.533. The lowest BCUT2D eigenvalue weighted by Crippen LogP contribution is -2.48. The number of morpholine rings is 1. The summed E-state index contributed by atoms with van der Waals surface area (Å²) in [7, 11) is 0. The van der Waals surface area contributed by atoms with E-state index in [-0.39, 0.29) is 30.1 Å². The molecule has 0 aromatic heterocycles. The highest BCUT2D eigenvalue weighted by Gasteiger charge is 2.39. The Bertz CT molecular complexity index is 508. The highest BCUT2D eigenvalue weighted by Crippen LogP contribution is 2.43. The van der Waals surface area contributed by atoms with Crippen LogP contribution in [0.15, 0.2) is 33.7 Å². The molecule has 4 nitrogen and oxygen atoms in total. The van der Waals surface area contributed by atoms with E-state index in [4.69, 9.17) is 10.5 Å². The molecular weight excluding hydrogens is 445 g/mol. The minimum Gasteiger partial charge on any atom is -0.375 e. The van der Waals surface area contributed by atoms with Crippen LogP contribution in [0.1, 0.15) is 24.8 Å². The van der Waals surface area contributed by atoms with Gasteiger partial charge in [-0.25, -0.2) is 4.99 Å². The summed E-state index contributed by atoms with van der Waals surface area (Å²) in [5.41, 5.74) is 7.48. The number of nitrogens with zero attached hydrogens (tertiary/aromatic N) is 2. The van der Waals surface area contributed by atoms with E-state index in [0.717, 1.165) is 30.6 Å². The maximum Gasteiger partial charge on any atom is 0.191 e. The summed E-state index contributed by atoms with van der Waals surface area (Å²) >= 11 is 3.46. The standard InChI is InChI=1S/C15H20BrN3O.HI/c1-10-9-19(6-7-20-10)15(17)18-14-8-13(14)11-2-4-12(16)5-3-11;/h2-5,10,13-14H,6-9H2,1H3,(H2,17,18);1H/t10?,13-,14+;/m0./s1. The molecular formula is C15H21BrIN3O. The van der Waals surface area contributed by atoms with Crippen LogP contribution >= 0.6 is 39.9 Å². The van der Waals surface area contributed by atoms with Gasteiger partial charge in [0.05, 0.1) is 18.8 Å². The molecule has 2 N–H and O–H groups in total. The van der Waals surface area contributed by atoms with Crippen LogP contribution < -0.4 is 5.73 Å². The SMILES string of the molecule is CC1CN(C(N)=N[C@@H]2C[C@H]2c2ccc(Br)cc2)CCO1.I. The third-order valence-electron chi connectivity index (χ3n) is 3.92. The summed E-state index contributed by atoms with van der Waals surface area (Å²) in [4.78, 5) is 6.81. The molecule has 116 valence electrons. The summed E-state index contributed by atoms with van der Waals surface area (Å²) in [5.74, 6) is 1.20. The molecule has 1 aromatic carbocycles. The smallest absolute Gasteiger partial charge is 0.191 e. The number of hydrogen-bond donors (Lipinski definition) is 1. The summed E-state index contributed by atoms with van der Waals surface area (Å²) in [6.07, 6.45) is 1.33. The van der Waals surface area contributed by atoms with E-state index < -0.39 is 0 Å². The molecule has 1 unspecified atom stereocenters. The van der Waals surface area contributed by atoms with E-state index in [9.17, 15) is 0 Å². The van der Waals surface area contributed by atoms with Crippen LogP contribution in [0.25, 0.3) is 0 Å². The molecule has 0 bridgehead atoms. The molecule has 6 heteroatoms. The van der Waals surface area contributed by atoms with Crippen molar-refractivity contribution in [3.8, 4) is 0 Å². The zero-order valence-electron chi connectivity index (χ0n) is 12.0. The molecule has 0 radical (unpaired) electrons. The van der Waals surface area contributed by atoms with Gasteiger partial charge in [0.25, 0.3) is 0 Å². The normalized spacial score (nSPS) is 29.0. The Hall–Kier alpha value is -0.340. The monoisotopic (exact) mass is 465 g/mol. The molecule has 0 amide bonds. The second-order valence-corrected chi connectivity index (χ2v) is 6.49. The molecule has 3 rings (SSSR count). The maximum atomic E-state index is 6.13. The molecule has 1 aliphatic carbocycles. The van der Waals surface area contributed by atoms with Crippen molar-refractivity contribution in [1.82, 2.24) is 4.90 Å². The van der Waals surface area contributed by atoms with Gasteiger partial charge >= 0.3 is 0 Å². The molecule has 1 saturated heterocycles. The lowest BCUT2D eigenvalue weighted by molar-refractivity contribution is 0.00528. The third-order valence-corrected chi connectivity index (χ3v) is 4.45. The summed E-state index contributed by atoms with van der Waals surface area (Å²) in [6, 6.07) is 8.84. The van der Waals surface area contributed by atoms with E-state index in [1.54, 1.807) is 0 Å². The molecule has 2 aliphatic rings. The first-order chi connectivity index (χ1) is 9.63. The van der Waals surface area contributed by atoms with Gasteiger partial charge in [0.15, 0.2) is 5.96 Å². The Morgan fingerprint density at radius 3 is 2.76 bits per heavy atom. The topological polar surface area (TPSA) is 50.8 Å². The van der Waals surface area contributed by atoms with Crippen molar-refractivity contribution >= 4 is 45.9 Å². The second-order valence-electron chi connectivity index (χ2n) is 5.58. The van der Waals surface area contributed by atoms with Gasteiger partial charge in [-0.2, -0.15) is 0 Å². The maximum absolute atomic E-state index is 6.13. The van der Waals surface area contributed by atoms with Crippen molar-refractivity contribution in [1.29, 1.82) is 0 Å². The molecule has 1 aromatic rings. The van der Waals surface area contributed by atoms with Crippen LogP contribution in [0, 0.1) is 0 Å².